The van der Waals surface area contributed by atoms with E-state index in [4.69, 9.17) is 0 Å². The Morgan fingerprint density at radius 1 is 1.54 bits per heavy atom. The third-order valence-electron chi connectivity index (χ3n) is 1.40. The SMILES string of the molecule is CCc1nc(SCC(C)(C)O)n[nH]1. The van der Waals surface area contributed by atoms with Gasteiger partial charge in [-0.1, -0.05) is 18.7 Å². The molecule has 5 heteroatoms. The van der Waals surface area contributed by atoms with E-state index in [2.05, 4.69) is 15.2 Å². The number of aliphatic hydroxyl groups is 1. The fraction of sp³-hybridized carbons (Fsp3) is 0.750. The summed E-state index contributed by atoms with van der Waals surface area (Å²) in [6, 6.07) is 0. The zero-order valence-corrected chi connectivity index (χ0v) is 8.98. The molecule has 0 spiro atoms. The first-order chi connectivity index (χ1) is 6.01. The van der Waals surface area contributed by atoms with Crippen molar-refractivity contribution in [1.82, 2.24) is 15.2 Å². The van der Waals surface area contributed by atoms with Crippen LogP contribution in [-0.4, -0.2) is 31.6 Å². The van der Waals surface area contributed by atoms with Crippen LogP contribution in [0.2, 0.25) is 0 Å². The summed E-state index contributed by atoms with van der Waals surface area (Å²) in [5.74, 6) is 1.49. The van der Waals surface area contributed by atoms with Gasteiger partial charge in [-0.15, -0.1) is 5.10 Å². The van der Waals surface area contributed by atoms with Crippen molar-refractivity contribution in [2.24, 2.45) is 0 Å². The predicted octanol–water partition coefficient (Wildman–Crippen LogP) is 1.23. The molecule has 1 aromatic heterocycles. The number of aromatic amines is 1. The van der Waals surface area contributed by atoms with Gasteiger partial charge in [0.15, 0.2) is 0 Å². The van der Waals surface area contributed by atoms with E-state index in [0.717, 1.165) is 12.2 Å². The van der Waals surface area contributed by atoms with Gasteiger partial charge in [-0.05, 0) is 13.8 Å². The first kappa shape index (κ1) is 10.5. The van der Waals surface area contributed by atoms with Crippen molar-refractivity contribution < 1.29 is 5.11 Å². The Hall–Kier alpha value is -0.550. The number of hydrogen-bond acceptors (Lipinski definition) is 4. The smallest absolute Gasteiger partial charge is 0.208 e. The first-order valence-corrected chi connectivity index (χ1v) is 5.26. The summed E-state index contributed by atoms with van der Waals surface area (Å²) in [4.78, 5) is 4.22. The van der Waals surface area contributed by atoms with Crippen molar-refractivity contribution in [3.8, 4) is 0 Å². The Morgan fingerprint density at radius 2 is 2.23 bits per heavy atom. The molecule has 0 aliphatic rings. The van der Waals surface area contributed by atoms with Crippen LogP contribution in [-0.2, 0) is 6.42 Å². The van der Waals surface area contributed by atoms with Crippen molar-refractivity contribution in [3.05, 3.63) is 5.82 Å². The van der Waals surface area contributed by atoms with Crippen molar-refractivity contribution in [2.45, 2.75) is 37.9 Å². The molecule has 0 atom stereocenters. The van der Waals surface area contributed by atoms with Gasteiger partial charge >= 0.3 is 0 Å². The number of rotatable bonds is 4. The van der Waals surface area contributed by atoms with Crippen LogP contribution in [0.1, 0.15) is 26.6 Å². The van der Waals surface area contributed by atoms with Crippen molar-refractivity contribution in [3.63, 3.8) is 0 Å². The number of aryl methyl sites for hydroxylation is 1. The van der Waals surface area contributed by atoms with Crippen molar-refractivity contribution >= 4 is 11.8 Å². The number of H-pyrrole nitrogens is 1. The van der Waals surface area contributed by atoms with E-state index in [9.17, 15) is 5.11 Å². The summed E-state index contributed by atoms with van der Waals surface area (Å²) in [7, 11) is 0. The van der Waals surface area contributed by atoms with Gasteiger partial charge in [0.2, 0.25) is 5.16 Å². The third-order valence-corrected chi connectivity index (χ3v) is 2.69. The molecule has 0 radical (unpaired) electrons. The summed E-state index contributed by atoms with van der Waals surface area (Å²) < 4.78 is 0. The molecular formula is C8H15N3OS. The highest BCUT2D eigenvalue weighted by atomic mass is 32.2. The monoisotopic (exact) mass is 201 g/mol. The van der Waals surface area contributed by atoms with Gasteiger partial charge in [-0.3, -0.25) is 5.10 Å². The molecular weight excluding hydrogens is 186 g/mol. The molecule has 0 saturated carbocycles. The predicted molar refractivity (Wildman–Crippen MR) is 52.8 cm³/mol. The molecule has 0 saturated heterocycles. The van der Waals surface area contributed by atoms with Crippen LogP contribution in [0.25, 0.3) is 0 Å². The van der Waals surface area contributed by atoms with Crippen LogP contribution in [0, 0.1) is 0 Å². The quantitative estimate of drug-likeness (QED) is 0.719. The summed E-state index contributed by atoms with van der Waals surface area (Å²) in [5.41, 5.74) is -0.669. The lowest BCUT2D eigenvalue weighted by atomic mass is 10.2. The number of nitrogens with one attached hydrogen (secondary N) is 1. The van der Waals surface area contributed by atoms with Crippen LogP contribution in [0.15, 0.2) is 5.16 Å². The van der Waals surface area contributed by atoms with Crippen LogP contribution in [0.4, 0.5) is 0 Å². The largest absolute Gasteiger partial charge is 0.390 e. The van der Waals surface area contributed by atoms with Gasteiger partial charge in [0.25, 0.3) is 0 Å². The molecule has 2 N–H and O–H groups in total. The minimum atomic E-state index is -0.669. The van der Waals surface area contributed by atoms with Crippen LogP contribution >= 0.6 is 11.8 Å². The number of thioether (sulfide) groups is 1. The Morgan fingerprint density at radius 3 is 2.69 bits per heavy atom. The van der Waals surface area contributed by atoms with Crippen LogP contribution < -0.4 is 0 Å². The van der Waals surface area contributed by atoms with Gasteiger partial charge in [0.05, 0.1) is 5.60 Å². The lowest BCUT2D eigenvalue weighted by molar-refractivity contribution is 0.107. The lowest BCUT2D eigenvalue weighted by Crippen LogP contribution is -2.21. The van der Waals surface area contributed by atoms with Gasteiger partial charge in [-0.2, -0.15) is 0 Å². The Labute approximate surface area is 82.2 Å². The van der Waals surface area contributed by atoms with Gasteiger partial charge in [0.1, 0.15) is 5.82 Å². The number of hydrogen-bond donors (Lipinski definition) is 2. The zero-order valence-electron chi connectivity index (χ0n) is 8.16. The molecule has 0 aromatic carbocycles. The molecule has 0 unspecified atom stereocenters. The van der Waals surface area contributed by atoms with E-state index in [-0.39, 0.29) is 0 Å². The lowest BCUT2D eigenvalue weighted by Gasteiger charge is -2.14. The summed E-state index contributed by atoms with van der Waals surface area (Å²) >= 11 is 1.46. The molecule has 1 rings (SSSR count). The molecule has 4 nitrogen and oxygen atoms in total. The maximum absolute atomic E-state index is 9.46. The van der Waals surface area contributed by atoms with Gasteiger partial charge in [-0.25, -0.2) is 4.98 Å². The molecule has 1 aromatic rings. The Balaban J connectivity index is 2.46. The Kier molecular flexibility index (Phi) is 3.33. The maximum Gasteiger partial charge on any atom is 0.208 e. The summed E-state index contributed by atoms with van der Waals surface area (Å²) in [6.45, 7) is 5.56. The van der Waals surface area contributed by atoms with Crippen molar-refractivity contribution in [2.75, 3.05) is 5.75 Å². The normalized spacial score (nSPS) is 12.0. The second-order valence-corrected chi connectivity index (χ2v) is 4.46. The van der Waals surface area contributed by atoms with E-state index >= 15 is 0 Å². The average molecular weight is 201 g/mol. The number of aromatic nitrogens is 3. The topological polar surface area (TPSA) is 61.8 Å². The standard InChI is InChI=1S/C8H15N3OS/c1-4-6-9-7(11-10-6)13-5-8(2,3)12/h12H,4-5H2,1-3H3,(H,9,10,11). The fourth-order valence-corrected chi connectivity index (χ4v) is 1.51. The summed E-state index contributed by atoms with van der Waals surface area (Å²) in [5, 5.41) is 17.0. The molecule has 0 aliphatic carbocycles. The minimum Gasteiger partial charge on any atom is -0.390 e. The third kappa shape index (κ3) is 3.78. The number of nitrogens with zero attached hydrogens (tertiary/aromatic N) is 2. The molecule has 13 heavy (non-hydrogen) atoms. The van der Waals surface area contributed by atoms with Crippen molar-refractivity contribution in [1.29, 1.82) is 0 Å². The van der Waals surface area contributed by atoms with E-state index in [1.807, 2.05) is 6.92 Å². The second-order valence-electron chi connectivity index (χ2n) is 3.52. The highest BCUT2D eigenvalue weighted by molar-refractivity contribution is 7.99. The highest BCUT2D eigenvalue weighted by Gasteiger charge is 2.14. The fourth-order valence-electron chi connectivity index (χ4n) is 0.742. The molecule has 74 valence electrons. The Bertz CT molecular complexity index is 267. The maximum atomic E-state index is 9.46. The highest BCUT2D eigenvalue weighted by Crippen LogP contribution is 2.18. The summed E-state index contributed by atoms with van der Waals surface area (Å²) in [6.07, 6.45) is 0.857. The van der Waals surface area contributed by atoms with Crippen LogP contribution in [0.5, 0.6) is 0 Å². The zero-order chi connectivity index (χ0) is 9.90. The molecule has 1 heterocycles. The molecule has 0 amide bonds. The van der Waals surface area contributed by atoms with E-state index in [0.29, 0.717) is 10.9 Å². The van der Waals surface area contributed by atoms with Gasteiger partial charge < -0.3 is 5.11 Å². The second kappa shape index (κ2) is 4.11. The first-order valence-electron chi connectivity index (χ1n) is 4.28. The van der Waals surface area contributed by atoms with E-state index < -0.39 is 5.60 Å². The van der Waals surface area contributed by atoms with E-state index in [1.54, 1.807) is 13.8 Å². The van der Waals surface area contributed by atoms with E-state index in [1.165, 1.54) is 11.8 Å². The molecule has 0 bridgehead atoms. The molecule has 0 aliphatic heterocycles. The minimum absolute atomic E-state index is 0.605. The van der Waals surface area contributed by atoms with Gasteiger partial charge in [0, 0.05) is 12.2 Å². The average Bonchev–Trinajstić information content (AvgIpc) is 2.47. The molecule has 0 fully saturated rings. The van der Waals surface area contributed by atoms with Crippen LogP contribution in [0.3, 0.4) is 0 Å².